The summed E-state index contributed by atoms with van der Waals surface area (Å²) in [4.78, 5) is 11.9. The van der Waals surface area contributed by atoms with Crippen molar-refractivity contribution in [1.29, 1.82) is 0 Å². The summed E-state index contributed by atoms with van der Waals surface area (Å²) in [6, 6.07) is 15.3. The number of halogens is 1. The summed E-state index contributed by atoms with van der Waals surface area (Å²) in [6.07, 6.45) is 0. The van der Waals surface area contributed by atoms with Gasteiger partial charge in [0.2, 0.25) is 5.91 Å². The lowest BCUT2D eigenvalue weighted by Crippen LogP contribution is -2.27. The molecule has 0 aliphatic rings. The van der Waals surface area contributed by atoms with Crippen molar-refractivity contribution in [2.45, 2.75) is 6.54 Å². The van der Waals surface area contributed by atoms with Crippen LogP contribution in [0.3, 0.4) is 0 Å². The van der Waals surface area contributed by atoms with Crippen molar-refractivity contribution in [1.82, 2.24) is 5.32 Å². The second kappa shape index (κ2) is 7.81. The molecule has 2 aromatic rings. The fraction of sp³-hybridized carbons (Fsp3) is 0.188. The molecular formula is C16H17BrN2O2. The van der Waals surface area contributed by atoms with E-state index in [4.69, 9.17) is 4.74 Å². The van der Waals surface area contributed by atoms with E-state index in [1.165, 1.54) is 0 Å². The van der Waals surface area contributed by atoms with Gasteiger partial charge < -0.3 is 15.4 Å². The Morgan fingerprint density at radius 1 is 1.19 bits per heavy atom. The highest BCUT2D eigenvalue weighted by molar-refractivity contribution is 9.10. The number of para-hydroxylation sites is 2. The van der Waals surface area contributed by atoms with Crippen LogP contribution in [0, 0.1) is 0 Å². The van der Waals surface area contributed by atoms with Crippen LogP contribution < -0.4 is 15.4 Å². The van der Waals surface area contributed by atoms with E-state index in [0.717, 1.165) is 10.0 Å². The van der Waals surface area contributed by atoms with Crippen molar-refractivity contribution < 1.29 is 9.53 Å². The molecule has 0 unspecified atom stereocenters. The van der Waals surface area contributed by atoms with Crippen LogP contribution in [0.1, 0.15) is 5.56 Å². The lowest BCUT2D eigenvalue weighted by Gasteiger charge is -2.10. The van der Waals surface area contributed by atoms with Gasteiger partial charge >= 0.3 is 0 Å². The van der Waals surface area contributed by atoms with Gasteiger partial charge in [0.05, 0.1) is 19.3 Å². The molecule has 0 bridgehead atoms. The van der Waals surface area contributed by atoms with Crippen LogP contribution in [0.25, 0.3) is 0 Å². The zero-order valence-corrected chi connectivity index (χ0v) is 13.3. The maximum atomic E-state index is 11.9. The molecule has 1 amide bonds. The average molecular weight is 349 g/mol. The van der Waals surface area contributed by atoms with Crippen molar-refractivity contribution in [3.8, 4) is 5.75 Å². The van der Waals surface area contributed by atoms with Gasteiger partial charge in [0.25, 0.3) is 0 Å². The number of hydrogen-bond acceptors (Lipinski definition) is 3. The monoisotopic (exact) mass is 348 g/mol. The second-order valence-electron chi connectivity index (χ2n) is 4.48. The van der Waals surface area contributed by atoms with Gasteiger partial charge in [-0.25, -0.2) is 0 Å². The quantitative estimate of drug-likeness (QED) is 0.842. The van der Waals surface area contributed by atoms with Gasteiger partial charge in [-0.15, -0.1) is 0 Å². The number of anilines is 1. The highest BCUT2D eigenvalue weighted by Crippen LogP contribution is 2.22. The number of hydrogen-bond donors (Lipinski definition) is 2. The molecule has 0 aliphatic heterocycles. The minimum absolute atomic E-state index is 0.102. The Morgan fingerprint density at radius 2 is 2.00 bits per heavy atom. The van der Waals surface area contributed by atoms with E-state index in [2.05, 4.69) is 26.6 Å². The van der Waals surface area contributed by atoms with Gasteiger partial charge in [0, 0.05) is 11.0 Å². The van der Waals surface area contributed by atoms with Crippen LogP contribution in [0.5, 0.6) is 5.75 Å². The number of methoxy groups -OCH3 is 1. The minimum atomic E-state index is -0.102. The number of amides is 1. The number of carbonyl (C=O) groups is 1. The molecule has 2 rings (SSSR count). The first-order valence-electron chi connectivity index (χ1n) is 6.57. The van der Waals surface area contributed by atoms with E-state index in [-0.39, 0.29) is 12.5 Å². The first kappa shape index (κ1) is 15.5. The second-order valence-corrected chi connectivity index (χ2v) is 5.40. The molecule has 110 valence electrons. The first-order valence-corrected chi connectivity index (χ1v) is 7.36. The topological polar surface area (TPSA) is 50.4 Å². The average Bonchev–Trinajstić information content (AvgIpc) is 2.48. The van der Waals surface area contributed by atoms with Crippen molar-refractivity contribution in [2.75, 3.05) is 19.0 Å². The summed E-state index contributed by atoms with van der Waals surface area (Å²) in [6.45, 7) is 0.878. The number of rotatable bonds is 6. The molecule has 0 spiro atoms. The Hall–Kier alpha value is -1.85. The zero-order valence-electron chi connectivity index (χ0n) is 11.7. The largest absolute Gasteiger partial charge is 0.495 e. The smallest absolute Gasteiger partial charge is 0.238 e. The first-order chi connectivity index (χ1) is 10.2. The summed E-state index contributed by atoms with van der Waals surface area (Å²) < 4.78 is 6.22. The molecule has 0 heterocycles. The Morgan fingerprint density at radius 3 is 2.76 bits per heavy atom. The third-order valence-corrected chi connectivity index (χ3v) is 3.38. The fourth-order valence-electron chi connectivity index (χ4n) is 1.91. The molecule has 4 nitrogen and oxygen atoms in total. The van der Waals surface area contributed by atoms with E-state index in [1.54, 1.807) is 7.11 Å². The van der Waals surface area contributed by atoms with E-state index in [9.17, 15) is 4.79 Å². The lowest BCUT2D eigenvalue weighted by molar-refractivity contribution is -0.115. The van der Waals surface area contributed by atoms with Gasteiger partial charge in [-0.1, -0.05) is 40.2 Å². The maximum absolute atomic E-state index is 11.9. The Labute approximate surface area is 132 Å². The van der Waals surface area contributed by atoms with Crippen LogP contribution in [0.4, 0.5) is 5.69 Å². The molecule has 2 aromatic carbocycles. The molecule has 21 heavy (non-hydrogen) atoms. The molecular weight excluding hydrogens is 332 g/mol. The predicted molar refractivity (Wildman–Crippen MR) is 87.5 cm³/mol. The molecule has 0 fully saturated rings. The SMILES string of the molecule is COc1ccccc1NC(=O)CNCc1cccc(Br)c1. The van der Waals surface area contributed by atoms with Crippen LogP contribution in [0.15, 0.2) is 53.0 Å². The van der Waals surface area contributed by atoms with E-state index >= 15 is 0 Å². The number of ether oxygens (including phenoxy) is 1. The van der Waals surface area contributed by atoms with Crippen LogP contribution >= 0.6 is 15.9 Å². The van der Waals surface area contributed by atoms with Crippen molar-refractivity contribution in [2.24, 2.45) is 0 Å². The summed E-state index contributed by atoms with van der Waals surface area (Å²) in [7, 11) is 1.58. The van der Waals surface area contributed by atoms with Crippen molar-refractivity contribution >= 4 is 27.5 Å². The van der Waals surface area contributed by atoms with Gasteiger partial charge in [0.1, 0.15) is 5.75 Å². The Balaban J connectivity index is 1.82. The van der Waals surface area contributed by atoms with Crippen molar-refractivity contribution in [3.63, 3.8) is 0 Å². The maximum Gasteiger partial charge on any atom is 0.238 e. The molecule has 0 aromatic heterocycles. The minimum Gasteiger partial charge on any atom is -0.495 e. The highest BCUT2D eigenvalue weighted by atomic mass is 79.9. The predicted octanol–water partition coefficient (Wildman–Crippen LogP) is 3.19. The van der Waals surface area contributed by atoms with Gasteiger partial charge in [-0.05, 0) is 29.8 Å². The summed E-state index contributed by atoms with van der Waals surface area (Å²) in [5, 5.41) is 5.94. The van der Waals surface area contributed by atoms with Gasteiger partial charge in [-0.3, -0.25) is 4.79 Å². The van der Waals surface area contributed by atoms with E-state index < -0.39 is 0 Å². The third-order valence-electron chi connectivity index (χ3n) is 2.88. The van der Waals surface area contributed by atoms with Gasteiger partial charge in [0.15, 0.2) is 0 Å². The molecule has 5 heteroatoms. The molecule has 0 saturated heterocycles. The molecule has 2 N–H and O–H groups in total. The summed E-state index contributed by atoms with van der Waals surface area (Å²) in [5.41, 5.74) is 1.80. The molecule has 0 radical (unpaired) electrons. The Kier molecular flexibility index (Phi) is 5.78. The van der Waals surface area contributed by atoms with E-state index in [0.29, 0.717) is 18.0 Å². The van der Waals surface area contributed by atoms with Gasteiger partial charge in [-0.2, -0.15) is 0 Å². The van der Waals surface area contributed by atoms with Crippen LogP contribution in [-0.4, -0.2) is 19.6 Å². The number of carbonyl (C=O) groups excluding carboxylic acids is 1. The third kappa shape index (κ3) is 4.88. The number of benzene rings is 2. The molecule has 0 aliphatic carbocycles. The standard InChI is InChI=1S/C16H17BrN2O2/c1-21-15-8-3-2-7-14(15)19-16(20)11-18-10-12-5-4-6-13(17)9-12/h2-9,18H,10-11H2,1H3,(H,19,20). The molecule has 0 saturated carbocycles. The summed E-state index contributed by atoms with van der Waals surface area (Å²) >= 11 is 3.42. The molecule has 0 atom stereocenters. The zero-order chi connectivity index (χ0) is 15.1. The van der Waals surface area contributed by atoms with Crippen LogP contribution in [0.2, 0.25) is 0 Å². The van der Waals surface area contributed by atoms with Crippen molar-refractivity contribution in [3.05, 3.63) is 58.6 Å². The fourth-order valence-corrected chi connectivity index (χ4v) is 2.36. The highest BCUT2D eigenvalue weighted by Gasteiger charge is 2.06. The lowest BCUT2D eigenvalue weighted by atomic mass is 10.2. The van der Waals surface area contributed by atoms with Crippen LogP contribution in [-0.2, 0) is 11.3 Å². The van der Waals surface area contributed by atoms with E-state index in [1.807, 2.05) is 48.5 Å². The summed E-state index contributed by atoms with van der Waals surface area (Å²) in [5.74, 6) is 0.548. The number of nitrogens with one attached hydrogen (secondary N) is 2. The normalized spacial score (nSPS) is 10.2. The Bertz CT molecular complexity index is 617.